The van der Waals surface area contributed by atoms with E-state index in [0.29, 0.717) is 0 Å². The van der Waals surface area contributed by atoms with Crippen LogP contribution in [-0.4, -0.2) is 83.6 Å². The molecule has 0 aromatic heterocycles. The third-order valence-corrected chi connectivity index (χ3v) is 0. The molecule has 0 aliphatic heterocycles. The summed E-state index contributed by atoms with van der Waals surface area (Å²) < 4.78 is 0. The Morgan fingerprint density at radius 2 is 0.875 bits per heavy atom. The predicted molar refractivity (Wildman–Crippen MR) is 41.7 cm³/mol. The predicted octanol–water partition coefficient (Wildman–Crippen LogP) is -5.63. The van der Waals surface area contributed by atoms with Crippen LogP contribution in [0.3, 0.4) is 0 Å². The van der Waals surface area contributed by atoms with E-state index in [1.165, 1.54) is 0 Å². The fourth-order valence-corrected chi connectivity index (χ4v) is 0. The van der Waals surface area contributed by atoms with E-state index in [0.717, 1.165) is 0 Å². The van der Waals surface area contributed by atoms with Crippen LogP contribution in [0.1, 0.15) is 0 Å². The molecule has 0 radical (unpaired) electrons. The first-order chi connectivity index (χ1) is 2.00. The molecule has 0 saturated heterocycles. The molecular weight excluding hydrogens is 153 g/mol. The maximum atomic E-state index is 7.33. The van der Waals surface area contributed by atoms with Crippen LogP contribution < -0.4 is 0 Å². The van der Waals surface area contributed by atoms with Crippen molar-refractivity contribution in [2.45, 2.75) is 0 Å². The van der Waals surface area contributed by atoms with Crippen LogP contribution in [0.25, 0.3) is 0 Å². The van der Waals surface area contributed by atoms with Gasteiger partial charge in [-0.1, -0.05) is 0 Å². The molecule has 0 aliphatic rings. The molecule has 0 spiro atoms. The molecule has 0 aliphatic carbocycles. The maximum absolute atomic E-state index is 7.33. The van der Waals surface area contributed by atoms with Crippen molar-refractivity contribution in [2.24, 2.45) is 0 Å². The van der Waals surface area contributed by atoms with Crippen molar-refractivity contribution >= 4 is 64.4 Å². The van der Waals surface area contributed by atoms with Gasteiger partial charge in [0, 0.05) is 0 Å². The van der Waals surface area contributed by atoms with Crippen LogP contribution in [0.4, 0.5) is 0 Å². The monoisotopic (exact) mass is 164 g/mol. The second-order valence-electron chi connectivity index (χ2n) is 0.600. The Hall–Kier alpha value is 1.65. The van der Waals surface area contributed by atoms with Crippen molar-refractivity contribution in [3.8, 4) is 0 Å². The third-order valence-electron chi connectivity index (χ3n) is 0. The van der Waals surface area contributed by atoms with Gasteiger partial charge in [-0.25, -0.2) is 0 Å². The first kappa shape index (κ1) is 22.6. The van der Waals surface area contributed by atoms with Crippen LogP contribution in [0.15, 0.2) is 0 Å². The Balaban J connectivity index is -0.0000000267. The van der Waals surface area contributed by atoms with Crippen molar-refractivity contribution < 1.29 is 19.2 Å². The van der Waals surface area contributed by atoms with Gasteiger partial charge in [0.2, 0.25) is 0 Å². The number of hydrogen-bond donors (Lipinski definition) is 4. The van der Waals surface area contributed by atoms with Gasteiger partial charge in [-0.3, -0.25) is 0 Å². The van der Waals surface area contributed by atoms with E-state index in [2.05, 4.69) is 0 Å². The Morgan fingerprint density at radius 3 is 0.875 bits per heavy atom. The fourth-order valence-electron chi connectivity index (χ4n) is 0. The molecule has 0 aromatic carbocycles. The molecule has 0 saturated carbocycles. The number of rotatable bonds is 0. The molecular formula is H11AlBNaO4Si. The summed E-state index contributed by atoms with van der Waals surface area (Å²) in [6.45, 7) is 0. The molecule has 0 atom stereocenters. The van der Waals surface area contributed by atoms with Gasteiger partial charge in [0.05, 0.1) is 8.41 Å². The van der Waals surface area contributed by atoms with Gasteiger partial charge < -0.3 is 19.2 Å². The first-order valence-corrected chi connectivity index (χ1v) is 2.68. The molecule has 0 bridgehead atoms. The van der Waals surface area contributed by atoms with Crippen LogP contribution in [0.2, 0.25) is 0 Å². The Labute approximate surface area is 83.0 Å². The zero-order valence-electron chi connectivity index (χ0n) is 2.29. The molecule has 8 heteroatoms. The topological polar surface area (TPSA) is 80.9 Å². The molecule has 0 aromatic rings. The van der Waals surface area contributed by atoms with Crippen LogP contribution in [0.5, 0.6) is 0 Å². The fraction of sp³-hybridized carbons (Fsp3) is 0. The normalized spacial score (nSPS) is 7.50. The summed E-state index contributed by atoms with van der Waals surface area (Å²) in [5, 5.41) is 0. The summed E-state index contributed by atoms with van der Waals surface area (Å²) in [5.74, 6) is 0. The van der Waals surface area contributed by atoms with Crippen molar-refractivity contribution in [2.75, 3.05) is 0 Å². The van der Waals surface area contributed by atoms with E-state index in [4.69, 9.17) is 19.2 Å². The second-order valence-corrected chi connectivity index (χ2v) is 1.80. The summed E-state index contributed by atoms with van der Waals surface area (Å²) in [6, 6.07) is 0. The Kier molecular flexibility index (Phi) is 24.5. The summed E-state index contributed by atoms with van der Waals surface area (Å²) in [5.41, 5.74) is 0. The molecule has 46 valence electrons. The zero-order valence-corrected chi connectivity index (χ0v) is 3.29. The molecule has 0 amide bonds. The van der Waals surface area contributed by atoms with Crippen LogP contribution in [-0.2, 0) is 0 Å². The minimum atomic E-state index is -4.61. The van der Waals surface area contributed by atoms with Crippen LogP contribution >= 0.6 is 0 Å². The average Bonchev–Trinajstić information content (AvgIpc) is 0.722. The summed E-state index contributed by atoms with van der Waals surface area (Å²) in [4.78, 5) is 29.3. The molecule has 4 nitrogen and oxygen atoms in total. The van der Waals surface area contributed by atoms with Gasteiger partial charge in [0.25, 0.3) is 0 Å². The Morgan fingerprint density at radius 1 is 0.875 bits per heavy atom. The summed E-state index contributed by atoms with van der Waals surface area (Å²) in [7, 11) is -4.61. The standard InChI is InChI=1S/Al.BH3.Na.H4O4Si.4H/c;;;1-5(2,3)4;;;;/h;1H3;;1-4H;;;;. The average molecular weight is 164 g/mol. The summed E-state index contributed by atoms with van der Waals surface area (Å²) in [6.07, 6.45) is 0. The molecule has 0 fully saturated rings. The SMILES string of the molecule is B.O[Si](O)(O)O.[AlH3].[NaH]. The van der Waals surface area contributed by atoms with Gasteiger partial charge in [0.15, 0.2) is 17.4 Å². The van der Waals surface area contributed by atoms with Crippen molar-refractivity contribution in [1.82, 2.24) is 0 Å². The van der Waals surface area contributed by atoms with Crippen molar-refractivity contribution in [1.29, 1.82) is 0 Å². The second kappa shape index (κ2) is 8.65. The molecule has 0 heterocycles. The van der Waals surface area contributed by atoms with Crippen molar-refractivity contribution in [3.05, 3.63) is 0 Å². The molecule has 0 unspecified atom stereocenters. The van der Waals surface area contributed by atoms with E-state index in [1.807, 2.05) is 0 Å². The minimum absolute atomic E-state index is 0. The Bertz CT molecular complexity index is 31.5. The zero-order chi connectivity index (χ0) is 4.50. The van der Waals surface area contributed by atoms with E-state index < -0.39 is 9.05 Å². The molecule has 4 N–H and O–H groups in total. The van der Waals surface area contributed by atoms with Gasteiger partial charge in [-0.15, -0.1) is 0 Å². The third kappa shape index (κ3) is 124. The van der Waals surface area contributed by atoms with Gasteiger partial charge >= 0.3 is 38.6 Å². The molecule has 0 rings (SSSR count). The number of hydrogen-bond acceptors (Lipinski definition) is 4. The summed E-state index contributed by atoms with van der Waals surface area (Å²) >= 11 is 0. The van der Waals surface area contributed by atoms with E-state index >= 15 is 0 Å². The molecule has 8 heavy (non-hydrogen) atoms. The van der Waals surface area contributed by atoms with Gasteiger partial charge in [-0.2, -0.15) is 0 Å². The first-order valence-electron chi connectivity index (χ1n) is 0.894. The van der Waals surface area contributed by atoms with E-state index in [-0.39, 0.29) is 55.3 Å². The van der Waals surface area contributed by atoms with Gasteiger partial charge in [0.1, 0.15) is 0 Å². The van der Waals surface area contributed by atoms with Crippen molar-refractivity contribution in [3.63, 3.8) is 0 Å². The van der Waals surface area contributed by atoms with E-state index in [1.54, 1.807) is 0 Å². The van der Waals surface area contributed by atoms with Gasteiger partial charge in [-0.05, 0) is 0 Å². The van der Waals surface area contributed by atoms with E-state index in [9.17, 15) is 0 Å². The quantitative estimate of drug-likeness (QED) is 0.269. The van der Waals surface area contributed by atoms with Crippen LogP contribution in [0, 0.1) is 0 Å².